The van der Waals surface area contributed by atoms with Crippen molar-refractivity contribution >= 4 is 16.0 Å². The second kappa shape index (κ2) is 3.06. The van der Waals surface area contributed by atoms with Crippen molar-refractivity contribution in [2.24, 2.45) is 0 Å². The average Bonchev–Trinajstić information content (AvgIpc) is 2.48. The number of rotatable bonds is 1. The van der Waals surface area contributed by atoms with Crippen molar-refractivity contribution in [1.29, 1.82) is 0 Å². The van der Waals surface area contributed by atoms with Gasteiger partial charge in [0, 0.05) is 6.04 Å². The predicted molar refractivity (Wildman–Crippen MR) is 49.2 cm³/mol. The molecule has 0 saturated carbocycles. The van der Waals surface area contributed by atoms with Gasteiger partial charge < -0.3 is 5.11 Å². The Labute approximate surface area is 82.1 Å². The molecule has 14 heavy (non-hydrogen) atoms. The zero-order chi connectivity index (χ0) is 10.3. The van der Waals surface area contributed by atoms with E-state index in [4.69, 9.17) is 5.11 Å². The third-order valence-electron chi connectivity index (χ3n) is 2.64. The van der Waals surface area contributed by atoms with Crippen LogP contribution in [-0.2, 0) is 14.8 Å². The van der Waals surface area contributed by atoms with E-state index in [9.17, 15) is 13.2 Å². The van der Waals surface area contributed by atoms with E-state index in [2.05, 4.69) is 0 Å². The van der Waals surface area contributed by atoms with Crippen LogP contribution >= 0.6 is 0 Å². The molecule has 0 aromatic carbocycles. The lowest BCUT2D eigenvalue weighted by Crippen LogP contribution is -2.46. The number of hydrogen-bond donors (Lipinski definition) is 1. The zero-order valence-electron chi connectivity index (χ0n) is 7.46. The predicted octanol–water partition coefficient (Wildman–Crippen LogP) is -0.196. The smallest absolute Gasteiger partial charge is 0.322 e. The highest BCUT2D eigenvalue weighted by molar-refractivity contribution is 7.89. The molecular weight excluding hydrogens is 206 g/mol. The third-order valence-corrected chi connectivity index (χ3v) is 4.42. The molecule has 0 aromatic heterocycles. The summed E-state index contributed by atoms with van der Waals surface area (Å²) in [6.07, 6.45) is 4.39. The first-order valence-corrected chi connectivity index (χ1v) is 6.04. The molecule has 2 unspecified atom stereocenters. The van der Waals surface area contributed by atoms with E-state index in [-0.39, 0.29) is 11.8 Å². The Morgan fingerprint density at radius 2 is 2.14 bits per heavy atom. The lowest BCUT2D eigenvalue weighted by atomic mass is 10.2. The van der Waals surface area contributed by atoms with Gasteiger partial charge in [0.05, 0.1) is 5.75 Å². The molecule has 2 aliphatic heterocycles. The first-order valence-electron chi connectivity index (χ1n) is 4.43. The molecule has 2 rings (SSSR count). The highest BCUT2D eigenvalue weighted by Crippen LogP contribution is 2.31. The Bertz CT molecular complexity index is 386. The van der Waals surface area contributed by atoms with E-state index in [1.807, 2.05) is 0 Å². The van der Waals surface area contributed by atoms with E-state index in [1.165, 1.54) is 0 Å². The molecule has 0 bridgehead atoms. The van der Waals surface area contributed by atoms with Crippen LogP contribution in [0.15, 0.2) is 12.2 Å². The maximum atomic E-state index is 11.6. The van der Waals surface area contributed by atoms with Gasteiger partial charge >= 0.3 is 5.97 Å². The number of hydrogen-bond acceptors (Lipinski definition) is 3. The minimum atomic E-state index is -3.39. The quantitative estimate of drug-likeness (QED) is 0.617. The molecule has 5 nitrogen and oxygen atoms in total. The molecule has 0 aliphatic carbocycles. The van der Waals surface area contributed by atoms with E-state index in [1.54, 1.807) is 12.2 Å². The molecule has 2 atom stereocenters. The summed E-state index contributed by atoms with van der Waals surface area (Å²) in [5, 5.41) is 8.85. The molecule has 2 heterocycles. The van der Waals surface area contributed by atoms with Gasteiger partial charge in [0.1, 0.15) is 6.04 Å². The molecule has 0 amide bonds. The second-order valence-electron chi connectivity index (χ2n) is 3.54. The lowest BCUT2D eigenvalue weighted by molar-refractivity contribution is -0.140. The Hall–Kier alpha value is -0.880. The van der Waals surface area contributed by atoms with Gasteiger partial charge in [-0.25, -0.2) is 8.42 Å². The first kappa shape index (κ1) is 9.67. The second-order valence-corrected chi connectivity index (χ2v) is 5.45. The standard InChI is InChI=1S/C8H11NO4S/c10-8(11)7-4-3-6-2-1-5-14(12,13)9(6)7/h1-2,6-7H,3-5H2,(H,10,11). The minimum absolute atomic E-state index is 0.0761. The van der Waals surface area contributed by atoms with Crippen LogP contribution in [0.1, 0.15) is 12.8 Å². The molecule has 0 spiro atoms. The molecule has 1 N–H and O–H groups in total. The Kier molecular flexibility index (Phi) is 2.11. The van der Waals surface area contributed by atoms with E-state index >= 15 is 0 Å². The van der Waals surface area contributed by atoms with Gasteiger partial charge in [-0.3, -0.25) is 4.79 Å². The van der Waals surface area contributed by atoms with Crippen molar-refractivity contribution in [3.63, 3.8) is 0 Å². The number of nitrogens with zero attached hydrogens (tertiary/aromatic N) is 1. The van der Waals surface area contributed by atoms with Crippen LogP contribution in [0.5, 0.6) is 0 Å². The number of carbonyl (C=O) groups is 1. The lowest BCUT2D eigenvalue weighted by Gasteiger charge is -2.27. The molecule has 0 radical (unpaired) electrons. The summed E-state index contributed by atoms with van der Waals surface area (Å²) in [7, 11) is -3.39. The summed E-state index contributed by atoms with van der Waals surface area (Å²) in [6.45, 7) is 0. The summed E-state index contributed by atoms with van der Waals surface area (Å²) in [4.78, 5) is 10.8. The molecular formula is C8H11NO4S. The molecule has 2 aliphatic rings. The van der Waals surface area contributed by atoms with E-state index < -0.39 is 22.0 Å². The number of fused-ring (bicyclic) bond motifs is 1. The first-order chi connectivity index (χ1) is 6.52. The SMILES string of the molecule is O=C(O)C1CCC2C=CCS(=O)(=O)N21. The topological polar surface area (TPSA) is 74.7 Å². The fourth-order valence-corrected chi connectivity index (χ4v) is 3.75. The van der Waals surface area contributed by atoms with Crippen LogP contribution in [0.2, 0.25) is 0 Å². The Morgan fingerprint density at radius 3 is 2.79 bits per heavy atom. The van der Waals surface area contributed by atoms with Crippen LogP contribution in [0.3, 0.4) is 0 Å². The highest BCUT2D eigenvalue weighted by atomic mass is 32.2. The molecule has 6 heteroatoms. The molecule has 78 valence electrons. The number of sulfonamides is 1. The van der Waals surface area contributed by atoms with Crippen LogP contribution < -0.4 is 0 Å². The Morgan fingerprint density at radius 1 is 1.43 bits per heavy atom. The maximum Gasteiger partial charge on any atom is 0.322 e. The fourth-order valence-electron chi connectivity index (χ4n) is 2.05. The summed E-state index contributed by atoms with van der Waals surface area (Å²) in [5.74, 6) is -1.13. The van der Waals surface area contributed by atoms with Gasteiger partial charge in [-0.15, -0.1) is 0 Å². The van der Waals surface area contributed by atoms with Crippen LogP contribution in [0.4, 0.5) is 0 Å². The zero-order valence-corrected chi connectivity index (χ0v) is 8.27. The minimum Gasteiger partial charge on any atom is -0.480 e. The van der Waals surface area contributed by atoms with Crippen molar-refractivity contribution in [1.82, 2.24) is 4.31 Å². The summed E-state index contributed by atoms with van der Waals surface area (Å²) < 4.78 is 24.3. The van der Waals surface area contributed by atoms with Gasteiger partial charge in [-0.05, 0) is 12.8 Å². The van der Waals surface area contributed by atoms with Gasteiger partial charge in [-0.2, -0.15) is 4.31 Å². The molecule has 1 fully saturated rings. The number of carboxylic acid groups (broad SMARTS) is 1. The fraction of sp³-hybridized carbons (Fsp3) is 0.625. The van der Waals surface area contributed by atoms with Gasteiger partial charge in [0.15, 0.2) is 0 Å². The van der Waals surface area contributed by atoms with E-state index in [0.717, 1.165) is 4.31 Å². The summed E-state index contributed by atoms with van der Waals surface area (Å²) in [6, 6.07) is -1.11. The van der Waals surface area contributed by atoms with Crippen molar-refractivity contribution in [3.05, 3.63) is 12.2 Å². The summed E-state index contributed by atoms with van der Waals surface area (Å²) in [5.41, 5.74) is 0. The van der Waals surface area contributed by atoms with E-state index in [0.29, 0.717) is 12.8 Å². The van der Waals surface area contributed by atoms with Gasteiger partial charge in [0.25, 0.3) is 0 Å². The summed E-state index contributed by atoms with van der Waals surface area (Å²) >= 11 is 0. The maximum absolute atomic E-state index is 11.6. The number of carboxylic acids is 1. The Balaban J connectivity index is 2.39. The largest absolute Gasteiger partial charge is 0.480 e. The van der Waals surface area contributed by atoms with Crippen molar-refractivity contribution < 1.29 is 18.3 Å². The van der Waals surface area contributed by atoms with Crippen LogP contribution in [-0.4, -0.2) is 41.6 Å². The van der Waals surface area contributed by atoms with Crippen LogP contribution in [0.25, 0.3) is 0 Å². The third kappa shape index (κ3) is 1.34. The van der Waals surface area contributed by atoms with Gasteiger partial charge in [-0.1, -0.05) is 12.2 Å². The van der Waals surface area contributed by atoms with Crippen molar-refractivity contribution in [2.45, 2.75) is 24.9 Å². The number of aliphatic carboxylic acids is 1. The normalized spacial score (nSPS) is 35.4. The monoisotopic (exact) mass is 217 g/mol. The molecule has 0 aromatic rings. The van der Waals surface area contributed by atoms with Crippen molar-refractivity contribution in [2.75, 3.05) is 5.75 Å². The van der Waals surface area contributed by atoms with Crippen molar-refractivity contribution in [3.8, 4) is 0 Å². The van der Waals surface area contributed by atoms with Crippen LogP contribution in [0, 0.1) is 0 Å². The van der Waals surface area contributed by atoms with Gasteiger partial charge in [0.2, 0.25) is 10.0 Å². The average molecular weight is 217 g/mol. The highest BCUT2D eigenvalue weighted by Gasteiger charge is 2.44. The molecule has 1 saturated heterocycles.